The number of nitrogens with zero attached hydrogens (tertiary/aromatic N) is 2. The summed E-state index contributed by atoms with van der Waals surface area (Å²) < 4.78 is 7.55. The quantitative estimate of drug-likeness (QED) is 0.898. The third-order valence-corrected chi connectivity index (χ3v) is 3.86. The van der Waals surface area contributed by atoms with Crippen LogP contribution in [-0.4, -0.2) is 16.7 Å². The van der Waals surface area contributed by atoms with Crippen LogP contribution in [0.3, 0.4) is 0 Å². The molecule has 0 radical (unpaired) electrons. The number of hydrogen-bond acceptors (Lipinski definition) is 3. The van der Waals surface area contributed by atoms with Gasteiger partial charge in [-0.3, -0.25) is 0 Å². The Morgan fingerprint density at radius 3 is 2.89 bits per heavy atom. The molecule has 1 atom stereocenters. The van der Waals surface area contributed by atoms with Gasteiger partial charge in [0.1, 0.15) is 11.6 Å². The highest BCUT2D eigenvalue weighted by Gasteiger charge is 2.32. The van der Waals surface area contributed by atoms with Crippen molar-refractivity contribution in [2.75, 3.05) is 7.11 Å². The third-order valence-electron chi connectivity index (χ3n) is 3.86. The van der Waals surface area contributed by atoms with Gasteiger partial charge in [-0.1, -0.05) is 6.92 Å². The summed E-state index contributed by atoms with van der Waals surface area (Å²) in [5.41, 5.74) is 8.50. The van der Waals surface area contributed by atoms with E-state index in [0.29, 0.717) is 5.92 Å². The van der Waals surface area contributed by atoms with Gasteiger partial charge >= 0.3 is 0 Å². The van der Waals surface area contributed by atoms with Gasteiger partial charge in [0.15, 0.2) is 0 Å². The van der Waals surface area contributed by atoms with E-state index < -0.39 is 0 Å². The van der Waals surface area contributed by atoms with E-state index in [1.54, 1.807) is 7.11 Å². The first-order chi connectivity index (χ1) is 9.24. The smallest absolute Gasteiger partial charge is 0.127 e. The fraction of sp³-hybridized carbons (Fsp3) is 0.533. The molecule has 1 fully saturated rings. The Hall–Kier alpha value is -1.55. The highest BCUT2D eigenvalue weighted by atomic mass is 16.5. The molecule has 0 spiro atoms. The standard InChI is InChI=1S/C15H21N3O/c1-3-8-18-13-7-6-11(19-2)9-12(13)17-15(18)14(16)10-4-5-10/h6-7,9-10,14H,3-5,8,16H2,1-2H3. The molecule has 1 heterocycles. The van der Waals surface area contributed by atoms with Gasteiger partial charge in [0.25, 0.3) is 0 Å². The minimum absolute atomic E-state index is 0.0740. The Morgan fingerprint density at radius 1 is 1.47 bits per heavy atom. The minimum atomic E-state index is 0.0740. The lowest BCUT2D eigenvalue weighted by atomic mass is 10.2. The second-order valence-corrected chi connectivity index (χ2v) is 5.34. The zero-order valence-corrected chi connectivity index (χ0v) is 11.6. The van der Waals surface area contributed by atoms with Crippen molar-refractivity contribution in [3.05, 3.63) is 24.0 Å². The third kappa shape index (κ3) is 2.21. The van der Waals surface area contributed by atoms with E-state index in [2.05, 4.69) is 17.6 Å². The van der Waals surface area contributed by atoms with Crippen molar-refractivity contribution in [1.29, 1.82) is 0 Å². The van der Waals surface area contributed by atoms with E-state index in [-0.39, 0.29) is 6.04 Å². The molecular weight excluding hydrogens is 238 g/mol. The highest BCUT2D eigenvalue weighted by molar-refractivity contribution is 5.78. The van der Waals surface area contributed by atoms with E-state index in [1.807, 2.05) is 12.1 Å². The number of aromatic nitrogens is 2. The van der Waals surface area contributed by atoms with E-state index in [0.717, 1.165) is 35.6 Å². The van der Waals surface area contributed by atoms with Gasteiger partial charge in [0.05, 0.1) is 24.2 Å². The Morgan fingerprint density at radius 2 is 2.26 bits per heavy atom. The Balaban J connectivity index is 2.10. The van der Waals surface area contributed by atoms with Gasteiger partial charge in [-0.15, -0.1) is 0 Å². The van der Waals surface area contributed by atoms with Gasteiger partial charge in [-0.05, 0) is 37.3 Å². The van der Waals surface area contributed by atoms with Gasteiger partial charge in [0.2, 0.25) is 0 Å². The van der Waals surface area contributed by atoms with Crippen molar-refractivity contribution >= 4 is 11.0 Å². The van der Waals surface area contributed by atoms with Gasteiger partial charge in [0, 0.05) is 12.6 Å². The summed E-state index contributed by atoms with van der Waals surface area (Å²) in [7, 11) is 1.68. The van der Waals surface area contributed by atoms with E-state index in [4.69, 9.17) is 15.5 Å². The first-order valence-electron chi connectivity index (χ1n) is 7.04. The van der Waals surface area contributed by atoms with Crippen LogP contribution in [0.1, 0.15) is 38.1 Å². The molecule has 0 aliphatic heterocycles. The molecule has 1 aliphatic carbocycles. The fourth-order valence-corrected chi connectivity index (χ4v) is 2.63. The lowest BCUT2D eigenvalue weighted by Gasteiger charge is -2.13. The Bertz CT molecular complexity index is 586. The predicted octanol–water partition coefficient (Wildman–Crippen LogP) is 2.86. The summed E-state index contributed by atoms with van der Waals surface area (Å²) in [5.74, 6) is 2.50. The van der Waals surface area contributed by atoms with Crippen LogP contribution in [0, 0.1) is 5.92 Å². The maximum absolute atomic E-state index is 6.35. The summed E-state index contributed by atoms with van der Waals surface area (Å²) in [6.07, 6.45) is 3.56. The van der Waals surface area contributed by atoms with Crippen molar-refractivity contribution < 1.29 is 4.74 Å². The molecule has 4 nitrogen and oxygen atoms in total. The van der Waals surface area contributed by atoms with Crippen LogP contribution >= 0.6 is 0 Å². The summed E-state index contributed by atoms with van der Waals surface area (Å²) in [4.78, 5) is 4.76. The molecule has 1 unspecified atom stereocenters. The lowest BCUT2D eigenvalue weighted by molar-refractivity contribution is 0.415. The SMILES string of the molecule is CCCn1c(C(N)C2CC2)nc2cc(OC)ccc21. The molecule has 2 aromatic rings. The summed E-state index contributed by atoms with van der Waals surface area (Å²) >= 11 is 0. The summed E-state index contributed by atoms with van der Waals surface area (Å²) in [5, 5.41) is 0. The molecule has 1 aromatic heterocycles. The van der Waals surface area contributed by atoms with E-state index in [9.17, 15) is 0 Å². The molecule has 0 bridgehead atoms. The largest absolute Gasteiger partial charge is 0.497 e. The van der Waals surface area contributed by atoms with Crippen LogP contribution in [0.5, 0.6) is 5.75 Å². The molecule has 0 amide bonds. The van der Waals surface area contributed by atoms with Crippen LogP contribution in [-0.2, 0) is 6.54 Å². The summed E-state index contributed by atoms with van der Waals surface area (Å²) in [6.45, 7) is 3.15. The molecule has 0 saturated heterocycles. The normalized spacial score (nSPS) is 16.8. The number of rotatable bonds is 5. The molecule has 1 aliphatic rings. The van der Waals surface area contributed by atoms with Crippen molar-refractivity contribution in [3.63, 3.8) is 0 Å². The number of methoxy groups -OCH3 is 1. The maximum Gasteiger partial charge on any atom is 0.127 e. The molecule has 4 heteroatoms. The molecule has 2 N–H and O–H groups in total. The van der Waals surface area contributed by atoms with Gasteiger partial charge in [-0.2, -0.15) is 0 Å². The molecule has 1 aromatic carbocycles. The Labute approximate surface area is 113 Å². The second kappa shape index (κ2) is 4.85. The molecular formula is C15H21N3O. The van der Waals surface area contributed by atoms with Crippen LogP contribution in [0.15, 0.2) is 18.2 Å². The monoisotopic (exact) mass is 259 g/mol. The minimum Gasteiger partial charge on any atom is -0.497 e. The summed E-state index contributed by atoms with van der Waals surface area (Å²) in [6, 6.07) is 6.14. The lowest BCUT2D eigenvalue weighted by Crippen LogP contribution is -2.18. The van der Waals surface area contributed by atoms with Crippen LogP contribution in [0.4, 0.5) is 0 Å². The molecule has 1 saturated carbocycles. The number of imidazole rings is 1. The topological polar surface area (TPSA) is 53.1 Å². The number of benzene rings is 1. The average molecular weight is 259 g/mol. The zero-order chi connectivity index (χ0) is 13.4. The predicted molar refractivity (Wildman–Crippen MR) is 76.2 cm³/mol. The number of fused-ring (bicyclic) bond motifs is 1. The zero-order valence-electron chi connectivity index (χ0n) is 11.6. The van der Waals surface area contributed by atoms with Crippen molar-refractivity contribution in [1.82, 2.24) is 9.55 Å². The average Bonchev–Trinajstić information content (AvgIpc) is 3.21. The first kappa shape index (κ1) is 12.5. The Kier molecular flexibility index (Phi) is 3.19. The van der Waals surface area contributed by atoms with Gasteiger partial charge in [-0.25, -0.2) is 4.98 Å². The van der Waals surface area contributed by atoms with Crippen LogP contribution < -0.4 is 10.5 Å². The van der Waals surface area contributed by atoms with Crippen LogP contribution in [0.25, 0.3) is 11.0 Å². The number of hydrogen-bond donors (Lipinski definition) is 1. The number of ether oxygens (including phenoxy) is 1. The van der Waals surface area contributed by atoms with E-state index in [1.165, 1.54) is 12.8 Å². The van der Waals surface area contributed by atoms with Crippen LogP contribution in [0.2, 0.25) is 0 Å². The molecule has 102 valence electrons. The fourth-order valence-electron chi connectivity index (χ4n) is 2.63. The molecule has 19 heavy (non-hydrogen) atoms. The van der Waals surface area contributed by atoms with Crippen molar-refractivity contribution in [3.8, 4) is 5.75 Å². The molecule has 3 rings (SSSR count). The second-order valence-electron chi connectivity index (χ2n) is 5.34. The first-order valence-corrected chi connectivity index (χ1v) is 7.04. The van der Waals surface area contributed by atoms with Crippen molar-refractivity contribution in [2.45, 2.75) is 38.8 Å². The number of nitrogens with two attached hydrogens (primary N) is 1. The highest BCUT2D eigenvalue weighted by Crippen LogP contribution is 2.40. The maximum atomic E-state index is 6.35. The van der Waals surface area contributed by atoms with Gasteiger partial charge < -0.3 is 15.0 Å². The van der Waals surface area contributed by atoms with Crippen molar-refractivity contribution in [2.24, 2.45) is 11.7 Å². The number of aryl methyl sites for hydroxylation is 1. The van der Waals surface area contributed by atoms with E-state index >= 15 is 0 Å².